The first kappa shape index (κ1) is 6.39. The third-order valence-corrected chi connectivity index (χ3v) is 0.445. The number of carboxylic acids is 1. The van der Waals surface area contributed by atoms with Gasteiger partial charge < -0.3 is 20.1 Å². The highest BCUT2D eigenvalue weighted by Gasteiger charge is 1.98. The normalized spacial score (nSPS) is 13.4. The maximum Gasteiger partial charge on any atom is 0.116 e. The minimum Gasteiger partial charge on any atom is -0.547 e. The largest absolute Gasteiger partial charge is 0.547 e. The third-order valence-electron chi connectivity index (χ3n) is 0.445. The van der Waals surface area contributed by atoms with E-state index in [2.05, 4.69) is 0 Å². The number of hydrogen-bond acceptors (Lipinski definition) is 4. The number of carbonyl (C=O) groups is 1. The molecule has 0 rings (SSSR count). The summed E-state index contributed by atoms with van der Waals surface area (Å²) in [4.78, 5) is 9.41. The molecule has 4 heteroatoms. The highest BCUT2D eigenvalue weighted by Crippen LogP contribution is 1.72. The van der Waals surface area contributed by atoms with Crippen LogP contribution < -0.4 is 5.11 Å². The van der Waals surface area contributed by atoms with Crippen LogP contribution in [0.3, 0.4) is 0 Å². The lowest BCUT2D eigenvalue weighted by molar-refractivity contribution is -0.315. The number of hydrogen-bond donors (Lipinski definition) is 2. The molecule has 7 heavy (non-hydrogen) atoms. The van der Waals surface area contributed by atoms with E-state index >= 15 is 0 Å². The molecule has 0 spiro atoms. The Morgan fingerprint density at radius 3 is 2.29 bits per heavy atom. The molecule has 0 aliphatic carbocycles. The van der Waals surface area contributed by atoms with Gasteiger partial charge in [0.05, 0.1) is 12.6 Å². The van der Waals surface area contributed by atoms with Crippen molar-refractivity contribution in [2.24, 2.45) is 0 Å². The Bertz CT molecular complexity index is 69.3. The summed E-state index contributed by atoms with van der Waals surface area (Å²) < 4.78 is 0. The van der Waals surface area contributed by atoms with Crippen LogP contribution in [0.5, 0.6) is 0 Å². The summed E-state index contributed by atoms with van der Waals surface area (Å²) in [5, 5.41) is 25.3. The number of aliphatic hydroxyl groups excluding tert-OH is 2. The predicted molar refractivity (Wildman–Crippen MR) is 18.1 cm³/mol. The molecule has 0 aromatic carbocycles. The van der Waals surface area contributed by atoms with E-state index in [-0.39, 0.29) is 0 Å². The first-order valence-electron chi connectivity index (χ1n) is 1.68. The highest BCUT2D eigenvalue weighted by molar-refractivity contribution is 5.69. The lowest BCUT2D eigenvalue weighted by Crippen LogP contribution is -2.37. The average Bonchev–Trinajstić information content (AvgIpc) is 1.65. The molecule has 0 aromatic heterocycles. The van der Waals surface area contributed by atoms with Gasteiger partial charge in [0, 0.05) is 0 Å². The van der Waals surface area contributed by atoms with Crippen LogP contribution in [0.4, 0.5) is 0 Å². The zero-order chi connectivity index (χ0) is 5.86. The van der Waals surface area contributed by atoms with E-state index < -0.39 is 18.7 Å². The van der Waals surface area contributed by atoms with E-state index in [9.17, 15) is 9.90 Å². The molecule has 0 radical (unpaired) electrons. The van der Waals surface area contributed by atoms with E-state index in [1.54, 1.807) is 0 Å². The van der Waals surface area contributed by atoms with Gasteiger partial charge in [0.2, 0.25) is 0 Å². The number of carbonyl (C=O) groups excluding carboxylic acids is 1. The van der Waals surface area contributed by atoms with Crippen molar-refractivity contribution in [1.29, 1.82) is 0 Å². The van der Waals surface area contributed by atoms with Gasteiger partial charge in [-0.3, -0.25) is 0 Å². The van der Waals surface area contributed by atoms with Crippen LogP contribution in [-0.4, -0.2) is 28.9 Å². The van der Waals surface area contributed by atoms with Crippen LogP contribution in [0.2, 0.25) is 0 Å². The quantitative estimate of drug-likeness (QED) is 0.394. The molecule has 0 fully saturated rings. The summed E-state index contributed by atoms with van der Waals surface area (Å²) in [6.45, 7) is -0.789. The topological polar surface area (TPSA) is 80.6 Å². The Morgan fingerprint density at radius 2 is 2.29 bits per heavy atom. The molecule has 0 aromatic rings. The molecule has 0 heterocycles. The molecule has 0 unspecified atom stereocenters. The van der Waals surface area contributed by atoms with Crippen molar-refractivity contribution in [3.63, 3.8) is 0 Å². The van der Waals surface area contributed by atoms with Crippen molar-refractivity contribution in [3.05, 3.63) is 0 Å². The van der Waals surface area contributed by atoms with E-state index in [0.29, 0.717) is 0 Å². The summed E-state index contributed by atoms with van der Waals surface area (Å²) in [5.41, 5.74) is 0. The average molecular weight is 105 g/mol. The molecule has 1 atom stereocenters. The first-order valence-corrected chi connectivity index (χ1v) is 1.68. The van der Waals surface area contributed by atoms with Crippen molar-refractivity contribution in [2.75, 3.05) is 6.61 Å². The van der Waals surface area contributed by atoms with Crippen LogP contribution in [0.25, 0.3) is 0 Å². The van der Waals surface area contributed by atoms with Gasteiger partial charge in [0.1, 0.15) is 6.10 Å². The molecule has 42 valence electrons. The van der Waals surface area contributed by atoms with Gasteiger partial charge in [-0.25, -0.2) is 0 Å². The number of carboxylic acid groups (broad SMARTS) is 1. The van der Waals surface area contributed by atoms with Gasteiger partial charge in [-0.05, 0) is 0 Å². The monoisotopic (exact) mass is 105 g/mol. The maximum absolute atomic E-state index is 9.41. The second-order valence-electron chi connectivity index (χ2n) is 1.02. The molecule has 0 aliphatic rings. The molecule has 4 nitrogen and oxygen atoms in total. The van der Waals surface area contributed by atoms with Crippen LogP contribution in [0, 0.1) is 0 Å². The zero-order valence-corrected chi connectivity index (χ0v) is 3.50. The van der Waals surface area contributed by atoms with Gasteiger partial charge in [-0.2, -0.15) is 0 Å². The van der Waals surface area contributed by atoms with Gasteiger partial charge in [0.25, 0.3) is 0 Å². The second kappa shape index (κ2) is 2.54. The van der Waals surface area contributed by atoms with E-state index in [1.165, 1.54) is 0 Å². The van der Waals surface area contributed by atoms with Gasteiger partial charge in [0.15, 0.2) is 0 Å². The summed E-state index contributed by atoms with van der Waals surface area (Å²) >= 11 is 0. The Kier molecular flexibility index (Phi) is 2.32. The molecular formula is C3H5O4-. The maximum atomic E-state index is 9.41. The van der Waals surface area contributed by atoms with Crippen LogP contribution in [0.15, 0.2) is 0 Å². The van der Waals surface area contributed by atoms with E-state index in [4.69, 9.17) is 10.2 Å². The molecular weight excluding hydrogens is 100 g/mol. The first-order chi connectivity index (χ1) is 3.18. The second-order valence-corrected chi connectivity index (χ2v) is 1.02. The lowest BCUT2D eigenvalue weighted by atomic mass is 10.4. The fraction of sp³-hybridized carbons (Fsp3) is 0.667. The summed E-state index contributed by atoms with van der Waals surface area (Å²) in [7, 11) is 0. The van der Waals surface area contributed by atoms with Crippen molar-refractivity contribution in [1.82, 2.24) is 0 Å². The van der Waals surface area contributed by atoms with Crippen molar-refractivity contribution in [3.8, 4) is 0 Å². The Balaban J connectivity index is 3.34. The zero-order valence-electron chi connectivity index (χ0n) is 3.50. The fourth-order valence-electron chi connectivity index (χ4n) is 0.0745. The molecule has 0 amide bonds. The number of aliphatic carboxylic acids is 1. The number of aliphatic hydroxyl groups is 2. The van der Waals surface area contributed by atoms with Crippen molar-refractivity contribution >= 4 is 5.97 Å². The van der Waals surface area contributed by atoms with Crippen molar-refractivity contribution < 1.29 is 20.1 Å². The third kappa shape index (κ3) is 2.13. The molecule has 2 N–H and O–H groups in total. The SMILES string of the molecule is O=C([O-])[C@@H](O)CO. The van der Waals surface area contributed by atoms with Gasteiger partial charge in [-0.15, -0.1) is 0 Å². The Morgan fingerprint density at radius 1 is 1.86 bits per heavy atom. The van der Waals surface area contributed by atoms with Crippen LogP contribution in [-0.2, 0) is 4.79 Å². The minimum atomic E-state index is -1.74. The summed E-state index contributed by atoms with van der Waals surface area (Å²) in [6.07, 6.45) is -1.74. The Labute approximate surface area is 40.0 Å². The predicted octanol–water partition coefficient (Wildman–Crippen LogP) is -2.91. The smallest absolute Gasteiger partial charge is 0.116 e. The van der Waals surface area contributed by atoms with E-state index in [1.807, 2.05) is 0 Å². The lowest BCUT2D eigenvalue weighted by Gasteiger charge is -2.04. The fourth-order valence-corrected chi connectivity index (χ4v) is 0.0745. The molecule has 0 saturated heterocycles. The van der Waals surface area contributed by atoms with Gasteiger partial charge >= 0.3 is 0 Å². The van der Waals surface area contributed by atoms with Gasteiger partial charge in [-0.1, -0.05) is 0 Å². The standard InChI is InChI=1S/C3H6O4/c4-1-2(5)3(6)7/h2,4-5H,1H2,(H,6,7)/p-1/t2-/m0/s1. The van der Waals surface area contributed by atoms with Crippen LogP contribution in [0.1, 0.15) is 0 Å². The summed E-state index contributed by atoms with van der Waals surface area (Å²) in [6, 6.07) is 0. The summed E-state index contributed by atoms with van der Waals surface area (Å²) in [5.74, 6) is -1.65. The molecule has 0 saturated carbocycles. The van der Waals surface area contributed by atoms with Crippen LogP contribution >= 0.6 is 0 Å². The molecule has 0 aliphatic heterocycles. The number of rotatable bonds is 2. The Hall–Kier alpha value is -0.610. The minimum absolute atomic E-state index is 0.789. The van der Waals surface area contributed by atoms with E-state index in [0.717, 1.165) is 0 Å². The highest BCUT2D eigenvalue weighted by atomic mass is 16.4. The molecule has 0 bridgehead atoms. The van der Waals surface area contributed by atoms with Crippen molar-refractivity contribution in [2.45, 2.75) is 6.10 Å².